The van der Waals surface area contributed by atoms with Crippen LogP contribution in [0.4, 0.5) is 0 Å². The number of thiophene rings is 1. The van der Waals surface area contributed by atoms with Gasteiger partial charge in [-0.15, -0.1) is 11.3 Å². The molecule has 1 atom stereocenters. The lowest BCUT2D eigenvalue weighted by molar-refractivity contribution is 0.588. The van der Waals surface area contributed by atoms with Crippen molar-refractivity contribution in [3.8, 4) is 0 Å². The van der Waals surface area contributed by atoms with Gasteiger partial charge < -0.3 is 5.32 Å². The summed E-state index contributed by atoms with van der Waals surface area (Å²) in [4.78, 5) is 1.41. The third-order valence-corrected chi connectivity index (χ3v) is 4.15. The SMILES string of the molecule is CNC(Cc1cccs1)c1c(C)nn(C)c1C. The fourth-order valence-corrected chi connectivity index (χ4v) is 3.02. The predicted molar refractivity (Wildman–Crippen MR) is 72.5 cm³/mol. The van der Waals surface area contributed by atoms with E-state index in [0.717, 1.165) is 12.1 Å². The van der Waals surface area contributed by atoms with E-state index >= 15 is 0 Å². The first-order chi connectivity index (χ1) is 8.13. The molecule has 0 bridgehead atoms. The largest absolute Gasteiger partial charge is 0.313 e. The average Bonchev–Trinajstić information content (AvgIpc) is 2.87. The van der Waals surface area contributed by atoms with E-state index in [0.29, 0.717) is 6.04 Å². The van der Waals surface area contributed by atoms with E-state index in [1.54, 1.807) is 0 Å². The number of rotatable bonds is 4. The lowest BCUT2D eigenvalue weighted by atomic mass is 10.0. The Bertz CT molecular complexity index is 485. The van der Waals surface area contributed by atoms with Gasteiger partial charge in [0.25, 0.3) is 0 Å². The molecule has 2 heterocycles. The van der Waals surface area contributed by atoms with Gasteiger partial charge >= 0.3 is 0 Å². The quantitative estimate of drug-likeness (QED) is 0.902. The van der Waals surface area contributed by atoms with Crippen molar-refractivity contribution in [3.63, 3.8) is 0 Å². The number of likely N-dealkylation sites (N-methyl/N-ethyl adjacent to an activating group) is 1. The molecule has 4 heteroatoms. The molecule has 1 N–H and O–H groups in total. The van der Waals surface area contributed by atoms with E-state index in [2.05, 4.69) is 41.8 Å². The molecule has 0 aliphatic heterocycles. The number of nitrogens with zero attached hydrogens (tertiary/aromatic N) is 2. The number of aromatic nitrogens is 2. The van der Waals surface area contributed by atoms with Crippen LogP contribution in [0.25, 0.3) is 0 Å². The summed E-state index contributed by atoms with van der Waals surface area (Å²) in [5.41, 5.74) is 3.71. The molecule has 0 radical (unpaired) electrons. The zero-order valence-electron chi connectivity index (χ0n) is 10.8. The highest BCUT2D eigenvalue weighted by Crippen LogP contribution is 2.25. The Morgan fingerprint density at radius 1 is 1.47 bits per heavy atom. The summed E-state index contributed by atoms with van der Waals surface area (Å²) in [6.45, 7) is 4.22. The molecule has 0 fully saturated rings. The van der Waals surface area contributed by atoms with E-state index in [-0.39, 0.29) is 0 Å². The molecule has 2 rings (SSSR count). The molecule has 17 heavy (non-hydrogen) atoms. The van der Waals surface area contributed by atoms with Crippen LogP contribution in [0, 0.1) is 13.8 Å². The molecule has 0 saturated heterocycles. The maximum Gasteiger partial charge on any atom is 0.0644 e. The highest BCUT2D eigenvalue weighted by atomic mass is 32.1. The van der Waals surface area contributed by atoms with E-state index in [1.807, 2.05) is 30.1 Å². The van der Waals surface area contributed by atoms with Crippen LogP contribution in [0.15, 0.2) is 17.5 Å². The number of aryl methyl sites for hydroxylation is 2. The molecule has 2 aromatic rings. The fourth-order valence-electron chi connectivity index (χ4n) is 2.27. The van der Waals surface area contributed by atoms with E-state index in [9.17, 15) is 0 Å². The predicted octanol–water partition coefficient (Wildman–Crippen LogP) is 2.60. The monoisotopic (exact) mass is 249 g/mol. The zero-order valence-corrected chi connectivity index (χ0v) is 11.6. The summed E-state index contributed by atoms with van der Waals surface area (Å²) >= 11 is 1.81. The number of hydrogen-bond acceptors (Lipinski definition) is 3. The van der Waals surface area contributed by atoms with Crippen molar-refractivity contribution in [2.45, 2.75) is 26.3 Å². The van der Waals surface area contributed by atoms with Crippen molar-refractivity contribution in [2.75, 3.05) is 7.05 Å². The summed E-state index contributed by atoms with van der Waals surface area (Å²) in [5.74, 6) is 0. The summed E-state index contributed by atoms with van der Waals surface area (Å²) in [7, 11) is 4.02. The van der Waals surface area contributed by atoms with Gasteiger partial charge in [0.2, 0.25) is 0 Å². The van der Waals surface area contributed by atoms with Gasteiger partial charge in [0, 0.05) is 35.6 Å². The standard InChI is InChI=1S/C13H19N3S/c1-9-13(10(2)16(4)15-9)12(14-3)8-11-6-5-7-17-11/h5-7,12,14H,8H2,1-4H3. The highest BCUT2D eigenvalue weighted by molar-refractivity contribution is 7.09. The Balaban J connectivity index is 2.29. The number of hydrogen-bond donors (Lipinski definition) is 1. The van der Waals surface area contributed by atoms with Crippen LogP contribution in [0.1, 0.15) is 27.9 Å². The molecule has 0 amide bonds. The first-order valence-corrected chi connectivity index (χ1v) is 6.71. The van der Waals surface area contributed by atoms with Gasteiger partial charge in [0.15, 0.2) is 0 Å². The second kappa shape index (κ2) is 5.02. The smallest absolute Gasteiger partial charge is 0.0644 e. The summed E-state index contributed by atoms with van der Waals surface area (Å²) in [5, 5.41) is 10.0. The third kappa shape index (κ3) is 2.42. The molecule has 2 aromatic heterocycles. The van der Waals surface area contributed by atoms with Crippen molar-refractivity contribution in [3.05, 3.63) is 39.3 Å². The Morgan fingerprint density at radius 3 is 2.71 bits per heavy atom. The fraction of sp³-hybridized carbons (Fsp3) is 0.462. The lowest BCUT2D eigenvalue weighted by Crippen LogP contribution is -2.19. The van der Waals surface area contributed by atoms with Crippen LogP contribution in [0.3, 0.4) is 0 Å². The van der Waals surface area contributed by atoms with Crippen LogP contribution in [0.5, 0.6) is 0 Å². The Hall–Kier alpha value is -1.13. The Kier molecular flexibility index (Phi) is 3.64. The van der Waals surface area contributed by atoms with E-state index in [1.165, 1.54) is 16.1 Å². The van der Waals surface area contributed by atoms with Crippen molar-refractivity contribution >= 4 is 11.3 Å². The van der Waals surface area contributed by atoms with E-state index in [4.69, 9.17) is 0 Å². The Morgan fingerprint density at radius 2 is 2.24 bits per heavy atom. The zero-order chi connectivity index (χ0) is 12.4. The van der Waals surface area contributed by atoms with Crippen molar-refractivity contribution in [1.82, 2.24) is 15.1 Å². The number of nitrogens with one attached hydrogen (secondary N) is 1. The topological polar surface area (TPSA) is 29.9 Å². The third-order valence-electron chi connectivity index (χ3n) is 3.25. The first-order valence-electron chi connectivity index (χ1n) is 5.83. The van der Waals surface area contributed by atoms with Gasteiger partial charge in [-0.25, -0.2) is 0 Å². The van der Waals surface area contributed by atoms with Gasteiger partial charge in [0.1, 0.15) is 0 Å². The molecule has 92 valence electrons. The van der Waals surface area contributed by atoms with Crippen molar-refractivity contribution in [2.24, 2.45) is 7.05 Å². The molecule has 0 aliphatic rings. The molecule has 0 saturated carbocycles. The van der Waals surface area contributed by atoms with E-state index < -0.39 is 0 Å². The molecule has 1 unspecified atom stereocenters. The molecule has 3 nitrogen and oxygen atoms in total. The summed E-state index contributed by atoms with van der Waals surface area (Å²) < 4.78 is 1.96. The summed E-state index contributed by atoms with van der Waals surface area (Å²) in [6, 6.07) is 4.65. The van der Waals surface area contributed by atoms with Gasteiger partial charge in [0.05, 0.1) is 5.69 Å². The van der Waals surface area contributed by atoms with Gasteiger partial charge in [-0.1, -0.05) is 6.07 Å². The van der Waals surface area contributed by atoms with Crippen LogP contribution >= 0.6 is 11.3 Å². The maximum atomic E-state index is 4.49. The van der Waals surface area contributed by atoms with Crippen LogP contribution in [-0.2, 0) is 13.5 Å². The minimum atomic E-state index is 0.349. The van der Waals surface area contributed by atoms with Crippen LogP contribution < -0.4 is 5.32 Å². The minimum absolute atomic E-state index is 0.349. The van der Waals surface area contributed by atoms with Gasteiger partial charge in [-0.05, 0) is 32.3 Å². The molecule has 0 spiro atoms. The molecular formula is C13H19N3S. The Labute approximate surface area is 106 Å². The van der Waals surface area contributed by atoms with Gasteiger partial charge in [-0.2, -0.15) is 5.10 Å². The first kappa shape index (κ1) is 12.3. The minimum Gasteiger partial charge on any atom is -0.313 e. The van der Waals surface area contributed by atoms with Crippen LogP contribution in [-0.4, -0.2) is 16.8 Å². The van der Waals surface area contributed by atoms with Gasteiger partial charge in [-0.3, -0.25) is 4.68 Å². The average molecular weight is 249 g/mol. The van der Waals surface area contributed by atoms with Crippen LogP contribution in [0.2, 0.25) is 0 Å². The van der Waals surface area contributed by atoms with Crippen molar-refractivity contribution in [1.29, 1.82) is 0 Å². The molecular weight excluding hydrogens is 230 g/mol. The molecule has 0 aliphatic carbocycles. The second-order valence-electron chi connectivity index (χ2n) is 4.33. The maximum absolute atomic E-state index is 4.49. The normalized spacial score (nSPS) is 12.9. The summed E-state index contributed by atoms with van der Waals surface area (Å²) in [6.07, 6.45) is 1.03. The second-order valence-corrected chi connectivity index (χ2v) is 5.37. The highest BCUT2D eigenvalue weighted by Gasteiger charge is 2.19. The van der Waals surface area contributed by atoms with Crippen molar-refractivity contribution < 1.29 is 0 Å². The molecule has 0 aromatic carbocycles. The lowest BCUT2D eigenvalue weighted by Gasteiger charge is -2.16.